The largest absolute Gasteiger partial charge is 0.335 e. The van der Waals surface area contributed by atoms with Gasteiger partial charge in [0.15, 0.2) is 0 Å². The first-order valence-corrected chi connectivity index (χ1v) is 8.59. The highest BCUT2D eigenvalue weighted by molar-refractivity contribution is 6.39. The van der Waals surface area contributed by atoms with Gasteiger partial charge in [0, 0.05) is 12.1 Å². The Labute approximate surface area is 164 Å². The van der Waals surface area contributed by atoms with E-state index in [-0.39, 0.29) is 16.9 Å². The average molecular weight is 387 g/mol. The van der Waals surface area contributed by atoms with Crippen LogP contribution in [0, 0.1) is 10.1 Å². The van der Waals surface area contributed by atoms with Crippen LogP contribution in [0.15, 0.2) is 72.3 Å². The summed E-state index contributed by atoms with van der Waals surface area (Å²) in [7, 11) is 0. The van der Waals surface area contributed by atoms with E-state index in [1.165, 1.54) is 24.3 Å². The van der Waals surface area contributed by atoms with E-state index in [1.54, 1.807) is 12.1 Å². The van der Waals surface area contributed by atoms with Crippen molar-refractivity contribution in [3.05, 3.63) is 88.0 Å². The molecule has 8 nitrogen and oxygen atoms in total. The number of nitrogens with zero attached hydrogens (tertiary/aromatic N) is 2. The van der Waals surface area contributed by atoms with Gasteiger partial charge in [-0.25, -0.2) is 9.69 Å². The number of urea groups is 1. The smallest absolute Gasteiger partial charge is 0.273 e. The van der Waals surface area contributed by atoms with Gasteiger partial charge in [0.25, 0.3) is 17.5 Å². The van der Waals surface area contributed by atoms with E-state index in [4.69, 9.17) is 0 Å². The number of nitro groups is 1. The van der Waals surface area contributed by atoms with Crippen molar-refractivity contribution >= 4 is 46.1 Å². The fourth-order valence-electron chi connectivity index (χ4n) is 3.17. The van der Waals surface area contributed by atoms with Gasteiger partial charge in [-0.05, 0) is 28.5 Å². The SMILES string of the molecule is O=C1NC(=O)N(c2cccc([N+](=O)[O-])c2)C(=O)/C1=C/c1cccc2ccccc12. The van der Waals surface area contributed by atoms with Crippen LogP contribution in [-0.2, 0) is 9.59 Å². The van der Waals surface area contributed by atoms with Gasteiger partial charge in [-0.2, -0.15) is 0 Å². The predicted molar refractivity (Wildman–Crippen MR) is 106 cm³/mol. The van der Waals surface area contributed by atoms with Gasteiger partial charge in [0.05, 0.1) is 10.6 Å². The van der Waals surface area contributed by atoms with Crippen molar-refractivity contribution in [3.63, 3.8) is 0 Å². The number of anilines is 1. The molecule has 1 aliphatic rings. The number of carbonyl (C=O) groups is 3. The molecule has 1 saturated heterocycles. The molecule has 0 unspecified atom stereocenters. The monoisotopic (exact) mass is 387 g/mol. The molecule has 0 bridgehead atoms. The number of benzene rings is 3. The van der Waals surface area contributed by atoms with E-state index in [0.717, 1.165) is 16.8 Å². The van der Waals surface area contributed by atoms with Gasteiger partial charge in [-0.15, -0.1) is 0 Å². The van der Waals surface area contributed by atoms with Crippen LogP contribution in [0.2, 0.25) is 0 Å². The maximum Gasteiger partial charge on any atom is 0.335 e. The maximum atomic E-state index is 13.0. The molecule has 1 N–H and O–H groups in total. The van der Waals surface area contributed by atoms with Gasteiger partial charge in [-0.3, -0.25) is 25.0 Å². The van der Waals surface area contributed by atoms with Crippen LogP contribution >= 0.6 is 0 Å². The second-order valence-corrected chi connectivity index (χ2v) is 6.30. The van der Waals surface area contributed by atoms with Crippen molar-refractivity contribution in [1.29, 1.82) is 0 Å². The van der Waals surface area contributed by atoms with E-state index >= 15 is 0 Å². The molecule has 3 aromatic carbocycles. The summed E-state index contributed by atoms with van der Waals surface area (Å²) in [6.45, 7) is 0. The standard InChI is InChI=1S/C21H13N3O5/c25-19-18(11-14-7-3-6-13-5-1-2-10-17(13)14)20(26)23(21(27)22-19)15-8-4-9-16(12-15)24(28)29/h1-12H,(H,22,25,27)/b18-11+. The Morgan fingerprint density at radius 2 is 1.66 bits per heavy atom. The molecule has 1 fully saturated rings. The van der Waals surface area contributed by atoms with E-state index in [0.29, 0.717) is 10.5 Å². The molecule has 0 saturated carbocycles. The minimum Gasteiger partial charge on any atom is -0.273 e. The lowest BCUT2D eigenvalue weighted by Gasteiger charge is -2.26. The van der Waals surface area contributed by atoms with E-state index in [1.807, 2.05) is 30.3 Å². The fraction of sp³-hybridized carbons (Fsp3) is 0. The summed E-state index contributed by atoms with van der Waals surface area (Å²) < 4.78 is 0. The number of barbiturate groups is 1. The fourth-order valence-corrected chi connectivity index (χ4v) is 3.17. The Morgan fingerprint density at radius 3 is 2.45 bits per heavy atom. The third kappa shape index (κ3) is 3.23. The minimum absolute atomic E-state index is 0.00183. The second-order valence-electron chi connectivity index (χ2n) is 6.30. The number of rotatable bonds is 3. The highest BCUT2D eigenvalue weighted by atomic mass is 16.6. The van der Waals surface area contributed by atoms with Gasteiger partial charge in [-0.1, -0.05) is 48.5 Å². The summed E-state index contributed by atoms with van der Waals surface area (Å²) in [6, 6.07) is 17.1. The van der Waals surface area contributed by atoms with E-state index < -0.39 is 22.8 Å². The summed E-state index contributed by atoms with van der Waals surface area (Å²) >= 11 is 0. The van der Waals surface area contributed by atoms with Crippen LogP contribution in [0.25, 0.3) is 16.8 Å². The zero-order chi connectivity index (χ0) is 20.5. The number of non-ortho nitro benzene ring substituents is 1. The lowest BCUT2D eigenvalue weighted by molar-refractivity contribution is -0.384. The number of imide groups is 2. The summed E-state index contributed by atoms with van der Waals surface area (Å²) in [4.78, 5) is 48.7. The molecule has 0 atom stereocenters. The first kappa shape index (κ1) is 18.1. The quantitative estimate of drug-likeness (QED) is 0.320. The Morgan fingerprint density at radius 1 is 0.931 bits per heavy atom. The number of hydrogen-bond donors (Lipinski definition) is 1. The van der Waals surface area contributed by atoms with Crippen LogP contribution in [0.4, 0.5) is 16.2 Å². The third-order valence-corrected chi connectivity index (χ3v) is 4.52. The van der Waals surface area contributed by atoms with Crippen LogP contribution in [0.5, 0.6) is 0 Å². The lowest BCUT2D eigenvalue weighted by Crippen LogP contribution is -2.54. The number of fused-ring (bicyclic) bond motifs is 1. The van der Waals surface area contributed by atoms with Gasteiger partial charge in [0.2, 0.25) is 0 Å². The lowest BCUT2D eigenvalue weighted by atomic mass is 10.0. The highest BCUT2D eigenvalue weighted by Gasteiger charge is 2.37. The van der Waals surface area contributed by atoms with Crippen molar-refractivity contribution in [2.24, 2.45) is 0 Å². The highest BCUT2D eigenvalue weighted by Crippen LogP contribution is 2.27. The topological polar surface area (TPSA) is 110 Å². The molecular weight excluding hydrogens is 374 g/mol. The van der Waals surface area contributed by atoms with Crippen LogP contribution in [-0.4, -0.2) is 22.8 Å². The number of amides is 4. The van der Waals surface area contributed by atoms with Crippen molar-refractivity contribution in [1.82, 2.24) is 5.32 Å². The van der Waals surface area contributed by atoms with Crippen LogP contribution in [0.3, 0.4) is 0 Å². The first-order valence-electron chi connectivity index (χ1n) is 8.59. The molecule has 0 spiro atoms. The van der Waals surface area contributed by atoms with Crippen LogP contribution in [0.1, 0.15) is 5.56 Å². The summed E-state index contributed by atoms with van der Waals surface area (Å²) in [6.07, 6.45) is 1.41. The molecule has 29 heavy (non-hydrogen) atoms. The second kappa shape index (κ2) is 7.01. The average Bonchev–Trinajstić information content (AvgIpc) is 2.71. The zero-order valence-electron chi connectivity index (χ0n) is 14.9. The molecule has 142 valence electrons. The Kier molecular flexibility index (Phi) is 4.36. The van der Waals surface area contributed by atoms with Crippen molar-refractivity contribution in [2.45, 2.75) is 0 Å². The molecule has 3 aromatic rings. The first-order chi connectivity index (χ1) is 14.0. The molecule has 0 aliphatic carbocycles. The third-order valence-electron chi connectivity index (χ3n) is 4.52. The number of nitrogens with one attached hydrogen (secondary N) is 1. The molecule has 0 aromatic heterocycles. The van der Waals surface area contributed by atoms with Crippen molar-refractivity contribution < 1.29 is 19.3 Å². The normalized spacial score (nSPS) is 15.7. The van der Waals surface area contributed by atoms with Crippen molar-refractivity contribution in [3.8, 4) is 0 Å². The Balaban J connectivity index is 1.80. The minimum atomic E-state index is -0.962. The molecule has 8 heteroatoms. The predicted octanol–water partition coefficient (Wildman–Crippen LogP) is 3.41. The van der Waals surface area contributed by atoms with E-state index in [9.17, 15) is 24.5 Å². The maximum absolute atomic E-state index is 13.0. The van der Waals surface area contributed by atoms with E-state index in [2.05, 4.69) is 5.32 Å². The summed E-state index contributed by atoms with van der Waals surface area (Å²) in [5, 5.41) is 14.9. The molecule has 0 radical (unpaired) electrons. The van der Waals surface area contributed by atoms with Crippen molar-refractivity contribution in [2.75, 3.05) is 4.90 Å². The number of hydrogen-bond acceptors (Lipinski definition) is 5. The number of nitro benzene ring substituents is 1. The Bertz CT molecular complexity index is 1230. The van der Waals surface area contributed by atoms with Gasteiger partial charge in [0.1, 0.15) is 5.57 Å². The Hall–Kier alpha value is -4.33. The summed E-state index contributed by atoms with van der Waals surface area (Å²) in [5.41, 5.74) is 0.111. The van der Waals surface area contributed by atoms with Gasteiger partial charge >= 0.3 is 6.03 Å². The van der Waals surface area contributed by atoms with Crippen LogP contribution < -0.4 is 10.2 Å². The molecule has 4 rings (SSSR count). The molecule has 1 aliphatic heterocycles. The molecule has 4 amide bonds. The number of carbonyl (C=O) groups excluding carboxylic acids is 3. The zero-order valence-corrected chi connectivity index (χ0v) is 14.9. The van der Waals surface area contributed by atoms with Gasteiger partial charge < -0.3 is 0 Å². The summed E-state index contributed by atoms with van der Waals surface area (Å²) in [5.74, 6) is -1.68. The molecular formula is C21H13N3O5. The molecule has 1 heterocycles.